The Morgan fingerprint density at radius 3 is 2.38 bits per heavy atom. The molecular formula is C6H10FN3O2S. The fourth-order valence-corrected chi connectivity index (χ4v) is 1.32. The molecule has 7 heteroatoms. The minimum atomic E-state index is -3.91. The van der Waals surface area contributed by atoms with Gasteiger partial charge >= 0.3 is 0 Å². The molecule has 0 aromatic carbocycles. The molecule has 0 saturated carbocycles. The molecule has 74 valence electrons. The Labute approximate surface area is 75.4 Å². The van der Waals surface area contributed by atoms with Crippen LogP contribution in [-0.4, -0.2) is 18.2 Å². The third kappa shape index (κ3) is 2.04. The molecule has 5 nitrogen and oxygen atoms in total. The first kappa shape index (κ1) is 10.1. The monoisotopic (exact) mass is 207 g/mol. The van der Waals surface area contributed by atoms with Gasteiger partial charge in [0.25, 0.3) is 10.0 Å². The van der Waals surface area contributed by atoms with Gasteiger partial charge in [-0.05, 0) is 13.8 Å². The largest absolute Gasteiger partial charge is 0.257 e. The van der Waals surface area contributed by atoms with Gasteiger partial charge in [0.2, 0.25) is 5.95 Å². The summed E-state index contributed by atoms with van der Waals surface area (Å²) >= 11 is 0. The number of sulfonamides is 1. The average Bonchev–Trinajstić information content (AvgIpc) is 2.29. The second kappa shape index (κ2) is 3.08. The number of hydrogen-bond acceptors (Lipinski definition) is 3. The van der Waals surface area contributed by atoms with Crippen LogP contribution in [-0.2, 0) is 10.0 Å². The van der Waals surface area contributed by atoms with Crippen LogP contribution < -0.4 is 5.14 Å². The number of halogens is 1. The lowest BCUT2D eigenvalue weighted by molar-refractivity contribution is 0.412. The van der Waals surface area contributed by atoms with Crippen molar-refractivity contribution in [3.05, 3.63) is 12.0 Å². The fourth-order valence-electron chi connectivity index (χ4n) is 0.852. The lowest BCUT2D eigenvalue weighted by Crippen LogP contribution is -2.14. The number of hydrogen-bond donors (Lipinski definition) is 1. The SMILES string of the molecule is CC(C)n1nc(S(N)(=O)=O)cc1F. The summed E-state index contributed by atoms with van der Waals surface area (Å²) in [5, 5.41) is 7.83. The van der Waals surface area contributed by atoms with E-state index in [2.05, 4.69) is 5.10 Å². The Morgan fingerprint density at radius 1 is 1.62 bits per heavy atom. The highest BCUT2D eigenvalue weighted by atomic mass is 32.2. The van der Waals surface area contributed by atoms with E-state index in [0.29, 0.717) is 0 Å². The van der Waals surface area contributed by atoms with Gasteiger partial charge < -0.3 is 0 Å². The normalized spacial score (nSPS) is 12.4. The van der Waals surface area contributed by atoms with Crippen LogP contribution in [0.3, 0.4) is 0 Å². The highest BCUT2D eigenvalue weighted by Gasteiger charge is 2.17. The molecule has 1 rings (SSSR count). The summed E-state index contributed by atoms with van der Waals surface area (Å²) in [5.41, 5.74) is 0. The third-order valence-corrected chi connectivity index (χ3v) is 2.23. The Bertz CT molecular complexity index is 410. The van der Waals surface area contributed by atoms with Crippen molar-refractivity contribution in [3.8, 4) is 0 Å². The zero-order valence-corrected chi connectivity index (χ0v) is 8.05. The van der Waals surface area contributed by atoms with Gasteiger partial charge in [0.05, 0.1) is 0 Å². The zero-order valence-electron chi connectivity index (χ0n) is 7.23. The molecule has 13 heavy (non-hydrogen) atoms. The lowest BCUT2D eigenvalue weighted by Gasteiger charge is -2.04. The molecule has 0 spiro atoms. The molecule has 2 N–H and O–H groups in total. The molecule has 1 aromatic heterocycles. The van der Waals surface area contributed by atoms with E-state index in [0.717, 1.165) is 10.7 Å². The van der Waals surface area contributed by atoms with Crippen molar-refractivity contribution >= 4 is 10.0 Å². The maximum absolute atomic E-state index is 13.0. The van der Waals surface area contributed by atoms with E-state index in [-0.39, 0.29) is 6.04 Å². The van der Waals surface area contributed by atoms with Gasteiger partial charge in [-0.3, -0.25) is 0 Å². The van der Waals surface area contributed by atoms with Crippen molar-refractivity contribution in [3.63, 3.8) is 0 Å². The smallest absolute Gasteiger partial charge is 0.236 e. The second-order valence-corrected chi connectivity index (χ2v) is 4.40. The van der Waals surface area contributed by atoms with Crippen LogP contribution >= 0.6 is 0 Å². The standard InChI is InChI=1S/C6H10FN3O2S/c1-4(2)10-5(7)3-6(9-10)13(8,11)12/h3-4H,1-2H3,(H2,8,11,12). The van der Waals surface area contributed by atoms with Gasteiger partial charge in [-0.2, -0.15) is 9.49 Å². The summed E-state index contributed by atoms with van der Waals surface area (Å²) in [5.74, 6) is -0.709. The molecule has 0 fully saturated rings. The number of aromatic nitrogens is 2. The van der Waals surface area contributed by atoms with E-state index in [9.17, 15) is 12.8 Å². The van der Waals surface area contributed by atoms with E-state index in [1.807, 2.05) is 0 Å². The molecule has 0 aliphatic carbocycles. The van der Waals surface area contributed by atoms with Crippen LogP contribution in [0.25, 0.3) is 0 Å². The van der Waals surface area contributed by atoms with E-state index < -0.39 is 21.0 Å². The Morgan fingerprint density at radius 2 is 2.15 bits per heavy atom. The summed E-state index contributed by atoms with van der Waals surface area (Å²) in [6.45, 7) is 3.37. The number of rotatable bonds is 2. The minimum absolute atomic E-state index is 0.240. The van der Waals surface area contributed by atoms with Gasteiger partial charge in [0, 0.05) is 12.1 Å². The molecule has 0 atom stereocenters. The van der Waals surface area contributed by atoms with Crippen molar-refractivity contribution in [1.82, 2.24) is 9.78 Å². The van der Waals surface area contributed by atoms with Crippen molar-refractivity contribution in [2.24, 2.45) is 5.14 Å². The van der Waals surface area contributed by atoms with Gasteiger partial charge in [0.15, 0.2) is 5.03 Å². The number of nitrogens with zero attached hydrogens (tertiary/aromatic N) is 2. The van der Waals surface area contributed by atoms with E-state index in [1.54, 1.807) is 13.8 Å². The van der Waals surface area contributed by atoms with Crippen LogP contribution in [0.15, 0.2) is 11.1 Å². The van der Waals surface area contributed by atoms with Gasteiger partial charge in [-0.1, -0.05) is 0 Å². The van der Waals surface area contributed by atoms with Gasteiger partial charge in [0.1, 0.15) is 0 Å². The predicted octanol–water partition coefficient (Wildman–Crippen LogP) is 0.251. The van der Waals surface area contributed by atoms with E-state index in [1.165, 1.54) is 0 Å². The second-order valence-electron chi connectivity index (χ2n) is 2.89. The summed E-state index contributed by atoms with van der Waals surface area (Å²) in [6.07, 6.45) is 0. The first-order chi connectivity index (χ1) is 5.82. The van der Waals surface area contributed by atoms with E-state index >= 15 is 0 Å². The molecule has 0 amide bonds. The maximum Gasteiger partial charge on any atom is 0.257 e. The molecule has 1 aromatic rings. The molecule has 0 aliphatic heterocycles. The lowest BCUT2D eigenvalue weighted by atomic mass is 10.4. The molecule has 0 aliphatic rings. The number of nitrogens with two attached hydrogens (primary N) is 1. The van der Waals surface area contributed by atoms with Crippen molar-refractivity contribution in [2.75, 3.05) is 0 Å². The summed E-state index contributed by atoms with van der Waals surface area (Å²) in [7, 11) is -3.91. The minimum Gasteiger partial charge on any atom is -0.236 e. The molecule has 0 bridgehead atoms. The molecule has 1 heterocycles. The first-order valence-electron chi connectivity index (χ1n) is 3.60. The summed E-state index contributed by atoms with van der Waals surface area (Å²) in [4.78, 5) is 0. The highest BCUT2D eigenvalue weighted by Crippen LogP contribution is 2.11. The first-order valence-corrected chi connectivity index (χ1v) is 5.15. The third-order valence-electron chi connectivity index (χ3n) is 1.45. The zero-order chi connectivity index (χ0) is 10.2. The van der Waals surface area contributed by atoms with Crippen molar-refractivity contribution < 1.29 is 12.8 Å². The van der Waals surface area contributed by atoms with Crippen LogP contribution in [0, 0.1) is 5.95 Å². The fraction of sp³-hybridized carbons (Fsp3) is 0.500. The average molecular weight is 207 g/mol. The van der Waals surface area contributed by atoms with Crippen LogP contribution in [0.4, 0.5) is 4.39 Å². The topological polar surface area (TPSA) is 78.0 Å². The molecular weight excluding hydrogens is 197 g/mol. The Hall–Kier alpha value is -0.950. The quantitative estimate of drug-likeness (QED) is 0.755. The molecule has 0 unspecified atom stereocenters. The Kier molecular flexibility index (Phi) is 2.40. The van der Waals surface area contributed by atoms with Gasteiger partial charge in [-0.25, -0.2) is 18.2 Å². The van der Waals surface area contributed by atoms with E-state index in [4.69, 9.17) is 5.14 Å². The highest BCUT2D eigenvalue weighted by molar-refractivity contribution is 7.89. The van der Waals surface area contributed by atoms with Gasteiger partial charge in [-0.15, -0.1) is 0 Å². The summed E-state index contributed by atoms with van der Waals surface area (Å²) < 4.78 is 35.4. The molecule has 0 saturated heterocycles. The number of primary sulfonamides is 1. The maximum atomic E-state index is 13.0. The van der Waals surface area contributed by atoms with Crippen LogP contribution in [0.5, 0.6) is 0 Å². The summed E-state index contributed by atoms with van der Waals surface area (Å²) in [6, 6.07) is 0.561. The van der Waals surface area contributed by atoms with Crippen LogP contribution in [0.1, 0.15) is 19.9 Å². The van der Waals surface area contributed by atoms with Crippen molar-refractivity contribution in [2.45, 2.75) is 24.9 Å². The Balaban J connectivity index is 3.25. The predicted molar refractivity (Wildman–Crippen MR) is 43.9 cm³/mol. The van der Waals surface area contributed by atoms with Crippen molar-refractivity contribution in [1.29, 1.82) is 0 Å². The van der Waals surface area contributed by atoms with Crippen LogP contribution in [0.2, 0.25) is 0 Å². The molecule has 0 radical (unpaired) electrons.